The van der Waals surface area contributed by atoms with Crippen LogP contribution in [0.3, 0.4) is 0 Å². The van der Waals surface area contributed by atoms with Crippen LogP contribution in [0.25, 0.3) is 5.65 Å². The summed E-state index contributed by atoms with van der Waals surface area (Å²) in [4.78, 5) is 0. The number of benzene rings is 1. The fraction of sp³-hybridized carbons (Fsp3) is 0.143. The molecule has 2 N–H and O–H groups in total. The van der Waals surface area contributed by atoms with E-state index in [1.807, 2.05) is 22.6 Å². The first-order valence-corrected chi connectivity index (χ1v) is 6.04. The molecule has 3 aromatic rings. The van der Waals surface area contributed by atoms with E-state index in [0.29, 0.717) is 13.0 Å². The van der Waals surface area contributed by atoms with Crippen molar-refractivity contribution in [1.29, 1.82) is 0 Å². The van der Waals surface area contributed by atoms with Gasteiger partial charge in [0.25, 0.3) is 0 Å². The van der Waals surface area contributed by atoms with Gasteiger partial charge in [-0.15, -0.1) is 10.2 Å². The lowest BCUT2D eigenvalue weighted by molar-refractivity contribution is 0.627. The highest BCUT2D eigenvalue weighted by Crippen LogP contribution is 2.13. The number of halogens is 1. The van der Waals surface area contributed by atoms with Crippen molar-refractivity contribution < 1.29 is 4.39 Å². The number of fused-ring (bicyclic) bond motifs is 1. The van der Waals surface area contributed by atoms with E-state index in [9.17, 15) is 4.39 Å². The third-order valence-corrected chi connectivity index (χ3v) is 3.06. The van der Waals surface area contributed by atoms with Crippen molar-refractivity contribution in [2.45, 2.75) is 13.0 Å². The van der Waals surface area contributed by atoms with Gasteiger partial charge < -0.3 is 5.73 Å². The van der Waals surface area contributed by atoms with Crippen molar-refractivity contribution in [2.75, 3.05) is 0 Å². The van der Waals surface area contributed by atoms with Crippen LogP contribution in [0.1, 0.15) is 17.1 Å². The van der Waals surface area contributed by atoms with Gasteiger partial charge in [-0.05, 0) is 29.8 Å². The van der Waals surface area contributed by atoms with Crippen LogP contribution in [0.2, 0.25) is 0 Å². The molecule has 0 aliphatic heterocycles. The van der Waals surface area contributed by atoms with Gasteiger partial charge in [-0.2, -0.15) is 0 Å². The van der Waals surface area contributed by atoms with E-state index in [1.54, 1.807) is 12.1 Å². The molecule has 0 aliphatic rings. The number of aromatic nitrogens is 3. The second kappa shape index (κ2) is 4.78. The summed E-state index contributed by atoms with van der Waals surface area (Å²) in [6, 6.07) is 12.1. The fourth-order valence-electron chi connectivity index (χ4n) is 2.13. The molecule has 0 fully saturated rings. The Morgan fingerprint density at radius 2 is 1.84 bits per heavy atom. The molecule has 3 rings (SSSR count). The molecular weight excluding hydrogens is 243 g/mol. The second-order valence-electron chi connectivity index (χ2n) is 4.33. The molecule has 0 atom stereocenters. The third kappa shape index (κ3) is 2.20. The van der Waals surface area contributed by atoms with E-state index < -0.39 is 0 Å². The fourth-order valence-corrected chi connectivity index (χ4v) is 2.13. The molecule has 0 bridgehead atoms. The summed E-state index contributed by atoms with van der Waals surface area (Å²) in [5, 5.41) is 8.31. The molecule has 0 saturated carbocycles. The van der Waals surface area contributed by atoms with Crippen LogP contribution < -0.4 is 5.73 Å². The molecule has 1 aromatic carbocycles. The maximum absolute atomic E-state index is 12.9. The van der Waals surface area contributed by atoms with E-state index in [2.05, 4.69) is 10.2 Å². The van der Waals surface area contributed by atoms with E-state index >= 15 is 0 Å². The van der Waals surface area contributed by atoms with Gasteiger partial charge in [-0.1, -0.05) is 18.2 Å². The zero-order chi connectivity index (χ0) is 13.2. The number of nitrogens with zero attached hydrogens (tertiary/aromatic N) is 3. The number of nitrogens with two attached hydrogens (primary N) is 1. The average molecular weight is 256 g/mol. The first-order chi connectivity index (χ1) is 9.28. The molecule has 2 aromatic heterocycles. The summed E-state index contributed by atoms with van der Waals surface area (Å²) in [7, 11) is 0. The molecule has 0 spiro atoms. The Kier molecular flexibility index (Phi) is 2.97. The third-order valence-electron chi connectivity index (χ3n) is 3.06. The van der Waals surface area contributed by atoms with Gasteiger partial charge in [0, 0.05) is 18.7 Å². The SMILES string of the molecule is NCc1cccc2nnc(Cc3ccc(F)cc3)n12. The van der Waals surface area contributed by atoms with Crippen molar-refractivity contribution in [3.63, 3.8) is 0 Å². The minimum absolute atomic E-state index is 0.238. The normalized spacial score (nSPS) is 11.1. The Balaban J connectivity index is 2.03. The van der Waals surface area contributed by atoms with Crippen LogP contribution in [0.5, 0.6) is 0 Å². The highest BCUT2D eigenvalue weighted by atomic mass is 19.1. The Labute approximate surface area is 109 Å². The van der Waals surface area contributed by atoms with Gasteiger partial charge in [-0.3, -0.25) is 4.40 Å². The molecule has 19 heavy (non-hydrogen) atoms. The smallest absolute Gasteiger partial charge is 0.161 e. The van der Waals surface area contributed by atoms with Crippen LogP contribution in [-0.4, -0.2) is 14.6 Å². The van der Waals surface area contributed by atoms with E-state index in [0.717, 1.165) is 22.7 Å². The van der Waals surface area contributed by atoms with Crippen LogP contribution in [0.4, 0.5) is 4.39 Å². The van der Waals surface area contributed by atoms with Gasteiger partial charge in [0.05, 0.1) is 0 Å². The molecule has 5 heteroatoms. The molecule has 0 aliphatic carbocycles. The molecule has 4 nitrogen and oxygen atoms in total. The Morgan fingerprint density at radius 1 is 1.05 bits per heavy atom. The summed E-state index contributed by atoms with van der Waals surface area (Å²) in [5.74, 6) is 0.570. The van der Waals surface area contributed by atoms with E-state index in [1.165, 1.54) is 12.1 Å². The molecule has 0 unspecified atom stereocenters. The largest absolute Gasteiger partial charge is 0.325 e. The average Bonchev–Trinajstić information content (AvgIpc) is 2.85. The number of pyridine rings is 1. The van der Waals surface area contributed by atoms with Gasteiger partial charge in [0.1, 0.15) is 11.6 Å². The first-order valence-electron chi connectivity index (χ1n) is 6.04. The maximum atomic E-state index is 12.9. The van der Waals surface area contributed by atoms with Crippen LogP contribution in [0, 0.1) is 5.82 Å². The Bertz CT molecular complexity index is 703. The zero-order valence-electron chi connectivity index (χ0n) is 10.3. The van der Waals surface area contributed by atoms with Gasteiger partial charge in [-0.25, -0.2) is 4.39 Å². The summed E-state index contributed by atoms with van der Waals surface area (Å²) < 4.78 is 14.8. The quantitative estimate of drug-likeness (QED) is 0.779. The number of hydrogen-bond acceptors (Lipinski definition) is 3. The second-order valence-corrected chi connectivity index (χ2v) is 4.33. The molecule has 96 valence electrons. The van der Waals surface area contributed by atoms with Gasteiger partial charge >= 0.3 is 0 Å². The van der Waals surface area contributed by atoms with Crippen molar-refractivity contribution >= 4 is 5.65 Å². The minimum Gasteiger partial charge on any atom is -0.325 e. The predicted octanol–water partition coefficient (Wildman–Crippen LogP) is 1.92. The standard InChI is InChI=1S/C14H13FN4/c15-11-6-4-10(5-7-11)8-14-18-17-13-3-1-2-12(9-16)19(13)14/h1-7H,8-9,16H2. The topological polar surface area (TPSA) is 56.2 Å². The predicted molar refractivity (Wildman–Crippen MR) is 70.1 cm³/mol. The Hall–Kier alpha value is -2.27. The highest BCUT2D eigenvalue weighted by Gasteiger charge is 2.09. The molecule has 0 amide bonds. The summed E-state index contributed by atoms with van der Waals surface area (Å²) in [5.41, 5.74) is 8.46. The summed E-state index contributed by atoms with van der Waals surface area (Å²) in [6.45, 7) is 0.422. The maximum Gasteiger partial charge on any atom is 0.161 e. The summed E-state index contributed by atoms with van der Waals surface area (Å²) >= 11 is 0. The summed E-state index contributed by atoms with van der Waals surface area (Å²) in [6.07, 6.45) is 0.596. The molecule has 2 heterocycles. The van der Waals surface area contributed by atoms with Crippen molar-refractivity contribution in [1.82, 2.24) is 14.6 Å². The van der Waals surface area contributed by atoms with Gasteiger partial charge in [0.2, 0.25) is 0 Å². The number of rotatable bonds is 3. The lowest BCUT2D eigenvalue weighted by Crippen LogP contribution is -2.07. The van der Waals surface area contributed by atoms with E-state index in [4.69, 9.17) is 5.73 Å². The Morgan fingerprint density at radius 3 is 2.58 bits per heavy atom. The van der Waals surface area contributed by atoms with Crippen LogP contribution in [-0.2, 0) is 13.0 Å². The van der Waals surface area contributed by atoms with Crippen molar-refractivity contribution in [3.8, 4) is 0 Å². The minimum atomic E-state index is -0.238. The van der Waals surface area contributed by atoms with E-state index in [-0.39, 0.29) is 5.82 Å². The van der Waals surface area contributed by atoms with Crippen LogP contribution >= 0.6 is 0 Å². The lowest BCUT2D eigenvalue weighted by Gasteiger charge is -2.05. The van der Waals surface area contributed by atoms with Crippen LogP contribution in [0.15, 0.2) is 42.5 Å². The monoisotopic (exact) mass is 256 g/mol. The highest BCUT2D eigenvalue weighted by molar-refractivity contribution is 5.40. The first kappa shape index (κ1) is 11.8. The van der Waals surface area contributed by atoms with Gasteiger partial charge in [0.15, 0.2) is 5.65 Å². The zero-order valence-corrected chi connectivity index (χ0v) is 10.3. The molecule has 0 saturated heterocycles. The number of hydrogen-bond donors (Lipinski definition) is 1. The molecule has 0 radical (unpaired) electrons. The van der Waals surface area contributed by atoms with Crippen molar-refractivity contribution in [3.05, 3.63) is 65.4 Å². The lowest BCUT2D eigenvalue weighted by atomic mass is 10.1. The molecular formula is C14H13FN4. The van der Waals surface area contributed by atoms with Crippen molar-refractivity contribution in [2.24, 2.45) is 5.73 Å².